The van der Waals surface area contributed by atoms with Crippen molar-refractivity contribution in [1.29, 1.82) is 0 Å². The number of nitrogens with zero attached hydrogens (tertiary/aromatic N) is 2. The van der Waals surface area contributed by atoms with Crippen LogP contribution >= 0.6 is 0 Å². The van der Waals surface area contributed by atoms with Gasteiger partial charge in [-0.05, 0) is 12.5 Å². The van der Waals surface area contributed by atoms with E-state index in [1.54, 1.807) is 7.11 Å². The maximum absolute atomic E-state index is 5.00. The van der Waals surface area contributed by atoms with Crippen LogP contribution in [0.2, 0.25) is 0 Å². The summed E-state index contributed by atoms with van der Waals surface area (Å²) in [4.78, 5) is 4.31. The third kappa shape index (κ3) is 4.95. The van der Waals surface area contributed by atoms with Gasteiger partial charge in [-0.15, -0.1) is 0 Å². The number of hydrogen-bond acceptors (Lipinski definition) is 3. The van der Waals surface area contributed by atoms with Crippen LogP contribution in [0.15, 0.2) is 12.5 Å². The molecule has 0 radical (unpaired) electrons. The molecule has 0 bridgehead atoms. The Balaban J connectivity index is 2.26. The lowest BCUT2D eigenvalue weighted by Gasteiger charge is -2.04. The molecule has 1 N–H and O–H groups in total. The van der Waals surface area contributed by atoms with Gasteiger partial charge in [-0.1, -0.05) is 13.8 Å². The van der Waals surface area contributed by atoms with Crippen molar-refractivity contribution < 1.29 is 4.74 Å². The molecule has 0 aliphatic carbocycles. The quantitative estimate of drug-likeness (QED) is 0.738. The van der Waals surface area contributed by atoms with E-state index in [9.17, 15) is 0 Å². The van der Waals surface area contributed by atoms with Gasteiger partial charge < -0.3 is 14.6 Å². The summed E-state index contributed by atoms with van der Waals surface area (Å²) in [6.07, 6.45) is 3.91. The van der Waals surface area contributed by atoms with E-state index in [1.807, 2.05) is 6.33 Å². The summed E-state index contributed by atoms with van der Waals surface area (Å²) < 4.78 is 7.05. The van der Waals surface area contributed by atoms with Crippen LogP contribution in [0.5, 0.6) is 0 Å². The SMILES string of the molecule is COCCn1cnc(CNCC(C)C)c1. The van der Waals surface area contributed by atoms with Crippen molar-refractivity contribution in [3.8, 4) is 0 Å². The fourth-order valence-corrected chi connectivity index (χ4v) is 1.31. The van der Waals surface area contributed by atoms with Crippen molar-refractivity contribution in [2.45, 2.75) is 26.9 Å². The van der Waals surface area contributed by atoms with Crippen LogP contribution in [-0.4, -0.2) is 29.8 Å². The highest BCUT2D eigenvalue weighted by atomic mass is 16.5. The minimum atomic E-state index is 0.681. The lowest BCUT2D eigenvalue weighted by atomic mass is 10.2. The van der Waals surface area contributed by atoms with E-state index in [-0.39, 0.29) is 0 Å². The van der Waals surface area contributed by atoms with Gasteiger partial charge in [0.05, 0.1) is 18.6 Å². The molecular formula is C11H21N3O. The van der Waals surface area contributed by atoms with Crippen molar-refractivity contribution in [2.24, 2.45) is 5.92 Å². The van der Waals surface area contributed by atoms with Gasteiger partial charge in [-0.3, -0.25) is 0 Å². The maximum Gasteiger partial charge on any atom is 0.0950 e. The largest absolute Gasteiger partial charge is 0.383 e. The molecule has 15 heavy (non-hydrogen) atoms. The highest BCUT2D eigenvalue weighted by Crippen LogP contribution is 1.97. The molecule has 0 aliphatic heterocycles. The second kappa shape index (κ2) is 6.58. The molecule has 0 unspecified atom stereocenters. The van der Waals surface area contributed by atoms with Gasteiger partial charge in [-0.25, -0.2) is 4.98 Å². The smallest absolute Gasteiger partial charge is 0.0950 e. The van der Waals surface area contributed by atoms with Gasteiger partial charge in [0, 0.05) is 26.4 Å². The molecule has 1 rings (SSSR count). The lowest BCUT2D eigenvalue weighted by molar-refractivity contribution is 0.187. The van der Waals surface area contributed by atoms with Crippen molar-refractivity contribution in [3.05, 3.63) is 18.2 Å². The standard InChI is InChI=1S/C11H21N3O/c1-10(2)6-12-7-11-8-14(9-13-11)4-5-15-3/h8-10,12H,4-7H2,1-3H3. The van der Waals surface area contributed by atoms with Gasteiger partial charge in [0.2, 0.25) is 0 Å². The molecule has 0 aliphatic rings. The van der Waals surface area contributed by atoms with Crippen LogP contribution in [0.3, 0.4) is 0 Å². The predicted octanol–water partition coefficient (Wildman–Crippen LogP) is 1.28. The van der Waals surface area contributed by atoms with E-state index in [0.29, 0.717) is 5.92 Å². The summed E-state index contributed by atoms with van der Waals surface area (Å²) >= 11 is 0. The molecule has 0 amide bonds. The predicted molar refractivity (Wildman–Crippen MR) is 60.6 cm³/mol. The Hall–Kier alpha value is -0.870. The topological polar surface area (TPSA) is 39.1 Å². The summed E-state index contributed by atoms with van der Waals surface area (Å²) in [5.41, 5.74) is 1.09. The minimum absolute atomic E-state index is 0.681. The Morgan fingerprint density at radius 2 is 2.33 bits per heavy atom. The molecule has 0 saturated heterocycles. The number of nitrogens with one attached hydrogen (secondary N) is 1. The van der Waals surface area contributed by atoms with E-state index in [2.05, 4.69) is 34.9 Å². The number of imidazole rings is 1. The Bertz CT molecular complexity index is 271. The third-order valence-electron chi connectivity index (χ3n) is 2.10. The number of aromatic nitrogens is 2. The average molecular weight is 211 g/mol. The van der Waals surface area contributed by atoms with Gasteiger partial charge in [0.1, 0.15) is 0 Å². The molecule has 1 aromatic heterocycles. The fourth-order valence-electron chi connectivity index (χ4n) is 1.31. The van der Waals surface area contributed by atoms with Gasteiger partial charge >= 0.3 is 0 Å². The maximum atomic E-state index is 5.00. The average Bonchev–Trinajstić information content (AvgIpc) is 2.62. The van der Waals surface area contributed by atoms with E-state index in [0.717, 1.165) is 31.9 Å². The van der Waals surface area contributed by atoms with Crippen LogP contribution in [0.1, 0.15) is 19.5 Å². The van der Waals surface area contributed by atoms with E-state index >= 15 is 0 Å². The first-order valence-corrected chi connectivity index (χ1v) is 5.42. The van der Waals surface area contributed by atoms with Gasteiger partial charge in [0.15, 0.2) is 0 Å². The molecule has 86 valence electrons. The molecule has 1 aromatic rings. The minimum Gasteiger partial charge on any atom is -0.383 e. The molecule has 4 nitrogen and oxygen atoms in total. The van der Waals surface area contributed by atoms with Gasteiger partial charge in [-0.2, -0.15) is 0 Å². The summed E-state index contributed by atoms with van der Waals surface area (Å²) in [5.74, 6) is 0.681. The molecule has 0 spiro atoms. The molecular weight excluding hydrogens is 190 g/mol. The molecule has 0 aromatic carbocycles. The van der Waals surface area contributed by atoms with E-state index in [4.69, 9.17) is 4.74 Å². The second-order valence-corrected chi connectivity index (χ2v) is 4.12. The van der Waals surface area contributed by atoms with Crippen molar-refractivity contribution >= 4 is 0 Å². The zero-order valence-electron chi connectivity index (χ0n) is 9.86. The summed E-state index contributed by atoms with van der Waals surface area (Å²) in [7, 11) is 1.71. The Morgan fingerprint density at radius 3 is 3.00 bits per heavy atom. The second-order valence-electron chi connectivity index (χ2n) is 4.12. The van der Waals surface area contributed by atoms with Crippen LogP contribution in [0, 0.1) is 5.92 Å². The number of methoxy groups -OCH3 is 1. The summed E-state index contributed by atoms with van der Waals surface area (Å²) in [6, 6.07) is 0. The van der Waals surface area contributed by atoms with E-state index < -0.39 is 0 Å². The first kappa shape index (κ1) is 12.2. The number of hydrogen-bond donors (Lipinski definition) is 1. The number of rotatable bonds is 7. The van der Waals surface area contributed by atoms with E-state index in [1.165, 1.54) is 0 Å². The summed E-state index contributed by atoms with van der Waals surface area (Å²) in [6.45, 7) is 7.88. The van der Waals surface area contributed by atoms with Gasteiger partial charge in [0.25, 0.3) is 0 Å². The normalized spacial score (nSPS) is 11.2. The van der Waals surface area contributed by atoms with Crippen LogP contribution in [0.4, 0.5) is 0 Å². The number of ether oxygens (including phenoxy) is 1. The lowest BCUT2D eigenvalue weighted by Crippen LogP contribution is -2.19. The van der Waals surface area contributed by atoms with Crippen LogP contribution in [0.25, 0.3) is 0 Å². The highest BCUT2D eigenvalue weighted by molar-refractivity contribution is 4.96. The van der Waals surface area contributed by atoms with Crippen molar-refractivity contribution in [3.63, 3.8) is 0 Å². The molecule has 0 saturated carbocycles. The Kier molecular flexibility index (Phi) is 5.36. The Labute approximate surface area is 91.7 Å². The zero-order valence-corrected chi connectivity index (χ0v) is 9.86. The zero-order chi connectivity index (χ0) is 11.1. The fraction of sp³-hybridized carbons (Fsp3) is 0.727. The Morgan fingerprint density at radius 1 is 1.53 bits per heavy atom. The summed E-state index contributed by atoms with van der Waals surface area (Å²) in [5, 5.41) is 3.36. The third-order valence-corrected chi connectivity index (χ3v) is 2.10. The first-order valence-electron chi connectivity index (χ1n) is 5.42. The highest BCUT2D eigenvalue weighted by Gasteiger charge is 1.99. The first-order chi connectivity index (χ1) is 7.22. The molecule has 4 heteroatoms. The van der Waals surface area contributed by atoms with Crippen molar-refractivity contribution in [2.75, 3.05) is 20.3 Å². The monoisotopic (exact) mass is 211 g/mol. The van der Waals surface area contributed by atoms with Crippen molar-refractivity contribution in [1.82, 2.24) is 14.9 Å². The van der Waals surface area contributed by atoms with Crippen LogP contribution < -0.4 is 5.32 Å². The molecule has 0 fully saturated rings. The van der Waals surface area contributed by atoms with Crippen LogP contribution in [-0.2, 0) is 17.8 Å². The molecule has 1 heterocycles. The molecule has 0 atom stereocenters.